The van der Waals surface area contributed by atoms with Crippen LogP contribution in [0.3, 0.4) is 0 Å². The number of methoxy groups -OCH3 is 1. The summed E-state index contributed by atoms with van der Waals surface area (Å²) in [5.41, 5.74) is 1.64. The summed E-state index contributed by atoms with van der Waals surface area (Å²) >= 11 is 0. The summed E-state index contributed by atoms with van der Waals surface area (Å²) < 4.78 is 4.89. The molecule has 0 aromatic heterocycles. The van der Waals surface area contributed by atoms with Crippen LogP contribution in [0.5, 0.6) is 5.75 Å². The second-order valence-electron chi connectivity index (χ2n) is 8.00. The average Bonchev–Trinajstić information content (AvgIpc) is 2.42. The van der Waals surface area contributed by atoms with Crippen LogP contribution in [0.25, 0.3) is 0 Å². The van der Waals surface area contributed by atoms with Gasteiger partial charge in [0.05, 0.1) is 6.61 Å². The van der Waals surface area contributed by atoms with Crippen molar-refractivity contribution < 1.29 is 9.84 Å². The molecule has 22 heavy (non-hydrogen) atoms. The Morgan fingerprint density at radius 2 is 1.73 bits per heavy atom. The molecule has 0 radical (unpaired) electrons. The van der Waals surface area contributed by atoms with Crippen molar-refractivity contribution >= 4 is 0 Å². The molecule has 0 heterocycles. The van der Waals surface area contributed by atoms with E-state index in [0.29, 0.717) is 17.8 Å². The molecule has 1 N–H and O–H groups in total. The van der Waals surface area contributed by atoms with E-state index in [0.717, 1.165) is 23.3 Å². The minimum absolute atomic E-state index is 0.292. The van der Waals surface area contributed by atoms with E-state index in [9.17, 15) is 0 Å². The third-order valence-corrected chi connectivity index (χ3v) is 5.44. The molecule has 124 valence electrons. The minimum Gasteiger partial charge on any atom is -0.508 e. The fourth-order valence-electron chi connectivity index (χ4n) is 4.13. The van der Waals surface area contributed by atoms with E-state index in [1.165, 1.54) is 32.1 Å². The molecule has 0 amide bonds. The molecule has 0 spiro atoms. The minimum atomic E-state index is 0.292. The molecule has 0 bridgehead atoms. The van der Waals surface area contributed by atoms with Gasteiger partial charge in [0.1, 0.15) is 5.75 Å². The maximum atomic E-state index is 8.88. The molecule has 2 aliphatic rings. The van der Waals surface area contributed by atoms with Crippen molar-refractivity contribution in [3.05, 3.63) is 29.8 Å². The zero-order valence-electron chi connectivity index (χ0n) is 14.6. The molecular formula is C20H32O2. The number of aromatic hydroxyl groups is 1. The summed E-state index contributed by atoms with van der Waals surface area (Å²) in [7, 11) is 1.65. The van der Waals surface area contributed by atoms with Crippen molar-refractivity contribution in [2.45, 2.75) is 59.5 Å². The van der Waals surface area contributed by atoms with Crippen LogP contribution in [0.4, 0.5) is 0 Å². The summed E-state index contributed by atoms with van der Waals surface area (Å²) in [4.78, 5) is 0. The smallest absolute Gasteiger partial charge is 0.115 e. The average molecular weight is 304 g/mol. The van der Waals surface area contributed by atoms with E-state index in [1.807, 2.05) is 12.1 Å². The largest absolute Gasteiger partial charge is 0.508 e. The lowest BCUT2D eigenvalue weighted by Gasteiger charge is -2.51. The lowest BCUT2D eigenvalue weighted by atomic mass is 9.55. The van der Waals surface area contributed by atoms with Gasteiger partial charge in [-0.15, -0.1) is 0 Å². The van der Waals surface area contributed by atoms with Crippen molar-refractivity contribution in [2.75, 3.05) is 7.11 Å². The van der Waals surface area contributed by atoms with Gasteiger partial charge in [-0.1, -0.05) is 45.7 Å². The monoisotopic (exact) mass is 304 g/mol. The predicted molar refractivity (Wildman–Crippen MR) is 91.8 cm³/mol. The molecule has 2 aliphatic carbocycles. The van der Waals surface area contributed by atoms with E-state index in [4.69, 9.17) is 9.84 Å². The number of phenolic OH excluding ortho intramolecular Hbond substituents is 1. The van der Waals surface area contributed by atoms with Crippen LogP contribution in [0.15, 0.2) is 24.3 Å². The van der Waals surface area contributed by atoms with Gasteiger partial charge in [-0.25, -0.2) is 0 Å². The number of fused-ring (bicyclic) bond motifs is 1. The fraction of sp³-hybridized carbons (Fsp3) is 0.700. The summed E-state index contributed by atoms with van der Waals surface area (Å²) in [6.07, 6.45) is 7.62. The van der Waals surface area contributed by atoms with Crippen molar-refractivity contribution in [1.82, 2.24) is 0 Å². The van der Waals surface area contributed by atoms with Crippen LogP contribution >= 0.6 is 0 Å². The van der Waals surface area contributed by atoms with E-state index in [-0.39, 0.29) is 0 Å². The normalized spacial score (nSPS) is 27.2. The van der Waals surface area contributed by atoms with Gasteiger partial charge < -0.3 is 9.84 Å². The first-order valence-electron chi connectivity index (χ1n) is 8.68. The highest BCUT2D eigenvalue weighted by Gasteiger charge is 2.43. The zero-order chi connectivity index (χ0) is 16.2. The van der Waals surface area contributed by atoms with Crippen molar-refractivity contribution in [2.24, 2.45) is 23.2 Å². The van der Waals surface area contributed by atoms with E-state index < -0.39 is 0 Å². The molecule has 1 aromatic rings. The van der Waals surface area contributed by atoms with Gasteiger partial charge in [0.15, 0.2) is 0 Å². The highest BCUT2D eigenvalue weighted by atomic mass is 16.5. The maximum Gasteiger partial charge on any atom is 0.115 e. The summed E-state index contributed by atoms with van der Waals surface area (Å²) in [6.45, 7) is 7.88. The number of hydrogen-bond donors (Lipinski definition) is 1. The first-order valence-corrected chi connectivity index (χ1v) is 8.68. The first-order chi connectivity index (χ1) is 10.4. The molecule has 3 rings (SSSR count). The van der Waals surface area contributed by atoms with Gasteiger partial charge in [-0.3, -0.25) is 0 Å². The molecule has 0 aliphatic heterocycles. The summed E-state index contributed by atoms with van der Waals surface area (Å²) in [5, 5.41) is 8.88. The standard InChI is InChI=1S/C12H22.C8H10O2/c1-12(2,3)11-6-4-5-9-7-8-10(9)11;1-10-6-7-2-4-8(9)5-3-7/h9-11H,4-8H2,1-3H3;2-5,9H,6H2,1H3. The van der Waals surface area contributed by atoms with Gasteiger partial charge in [0, 0.05) is 7.11 Å². The molecule has 0 saturated heterocycles. The number of benzene rings is 1. The molecule has 2 nitrogen and oxygen atoms in total. The number of phenols is 1. The predicted octanol–water partition coefficient (Wildman–Crippen LogP) is 5.40. The Kier molecular flexibility index (Phi) is 5.91. The van der Waals surface area contributed by atoms with Crippen LogP contribution in [-0.4, -0.2) is 12.2 Å². The van der Waals surface area contributed by atoms with Gasteiger partial charge in [-0.05, 0) is 60.1 Å². The molecule has 2 heteroatoms. The highest BCUT2D eigenvalue weighted by Crippen LogP contribution is 2.53. The Balaban J connectivity index is 0.000000164. The number of ether oxygens (including phenoxy) is 1. The van der Waals surface area contributed by atoms with Gasteiger partial charge >= 0.3 is 0 Å². The van der Waals surface area contributed by atoms with Crippen LogP contribution in [0, 0.1) is 23.2 Å². The van der Waals surface area contributed by atoms with E-state index in [2.05, 4.69) is 20.8 Å². The van der Waals surface area contributed by atoms with Crippen molar-refractivity contribution in [1.29, 1.82) is 0 Å². The van der Waals surface area contributed by atoms with Crippen LogP contribution in [0.1, 0.15) is 58.4 Å². The van der Waals surface area contributed by atoms with Crippen LogP contribution in [-0.2, 0) is 11.3 Å². The lowest BCUT2D eigenvalue weighted by molar-refractivity contribution is -0.00642. The van der Waals surface area contributed by atoms with Crippen molar-refractivity contribution in [3.8, 4) is 5.75 Å². The Hall–Kier alpha value is -1.02. The van der Waals surface area contributed by atoms with Gasteiger partial charge in [-0.2, -0.15) is 0 Å². The van der Waals surface area contributed by atoms with Gasteiger partial charge in [0.25, 0.3) is 0 Å². The lowest BCUT2D eigenvalue weighted by Crippen LogP contribution is -2.41. The second kappa shape index (κ2) is 7.50. The first kappa shape index (κ1) is 17.3. The molecule has 2 fully saturated rings. The zero-order valence-corrected chi connectivity index (χ0v) is 14.6. The van der Waals surface area contributed by atoms with E-state index in [1.54, 1.807) is 19.2 Å². The van der Waals surface area contributed by atoms with Crippen LogP contribution in [0.2, 0.25) is 0 Å². The van der Waals surface area contributed by atoms with Crippen LogP contribution < -0.4 is 0 Å². The molecule has 3 unspecified atom stereocenters. The van der Waals surface area contributed by atoms with Gasteiger partial charge in [0.2, 0.25) is 0 Å². The highest BCUT2D eigenvalue weighted by molar-refractivity contribution is 5.25. The summed E-state index contributed by atoms with van der Waals surface area (Å²) in [5.74, 6) is 3.56. The Morgan fingerprint density at radius 3 is 2.18 bits per heavy atom. The fourth-order valence-corrected chi connectivity index (χ4v) is 4.13. The number of rotatable bonds is 2. The van der Waals surface area contributed by atoms with Crippen molar-refractivity contribution in [3.63, 3.8) is 0 Å². The molecular weight excluding hydrogens is 272 g/mol. The number of hydrogen-bond acceptors (Lipinski definition) is 2. The second-order valence-corrected chi connectivity index (χ2v) is 8.00. The molecule has 3 atom stereocenters. The molecule has 1 aromatic carbocycles. The third-order valence-electron chi connectivity index (χ3n) is 5.44. The SMILES string of the molecule is CC(C)(C)C1CCCC2CCC21.COCc1ccc(O)cc1. The third kappa shape index (κ3) is 4.49. The quantitative estimate of drug-likeness (QED) is 0.793. The summed E-state index contributed by atoms with van der Waals surface area (Å²) in [6, 6.07) is 6.96. The Morgan fingerprint density at radius 1 is 1.05 bits per heavy atom. The molecule has 2 saturated carbocycles. The Bertz CT molecular complexity index is 444. The topological polar surface area (TPSA) is 29.5 Å². The maximum absolute atomic E-state index is 8.88. The van der Waals surface area contributed by atoms with E-state index >= 15 is 0 Å². The Labute approximate surface area is 135 Å².